The number of benzene rings is 1. The van der Waals surface area contributed by atoms with Gasteiger partial charge in [0, 0.05) is 16.3 Å². The molecule has 4 bridgehead atoms. The Bertz CT molecular complexity index is 685. The van der Waals surface area contributed by atoms with Gasteiger partial charge >= 0.3 is 0 Å². The van der Waals surface area contributed by atoms with E-state index in [1.54, 1.807) is 13.0 Å². The average Bonchev–Trinajstić information content (AvgIpc) is 2.43. The second-order valence-electron chi connectivity index (χ2n) is 8.44. The minimum atomic E-state index is -0.0138. The Kier molecular flexibility index (Phi) is 3.87. The molecule has 1 amide bonds. The van der Waals surface area contributed by atoms with Crippen molar-refractivity contribution >= 4 is 33.3 Å². The van der Waals surface area contributed by atoms with Crippen molar-refractivity contribution in [3.8, 4) is 0 Å². The maximum absolute atomic E-state index is 12.7. The summed E-state index contributed by atoms with van der Waals surface area (Å²) < 4.78 is 0.272. The van der Waals surface area contributed by atoms with Crippen molar-refractivity contribution in [2.24, 2.45) is 17.3 Å². The van der Waals surface area contributed by atoms with Crippen LogP contribution in [0.25, 0.3) is 0 Å². The Labute approximate surface area is 151 Å². The number of nitrogens with one attached hydrogen (secondary N) is 1. The van der Waals surface area contributed by atoms with Gasteiger partial charge < -0.3 is 5.32 Å². The van der Waals surface area contributed by atoms with Crippen molar-refractivity contribution in [3.63, 3.8) is 0 Å². The topological polar surface area (TPSA) is 46.2 Å². The molecule has 4 fully saturated rings. The van der Waals surface area contributed by atoms with E-state index in [2.05, 4.69) is 21.2 Å². The van der Waals surface area contributed by atoms with E-state index in [1.807, 2.05) is 18.2 Å². The number of anilines is 1. The van der Waals surface area contributed by atoms with Crippen LogP contribution in [-0.2, 0) is 4.79 Å². The zero-order valence-electron chi connectivity index (χ0n) is 14.1. The molecule has 4 atom stereocenters. The molecular weight excluding hydrogens is 366 g/mol. The molecule has 1 aromatic rings. The molecule has 128 valence electrons. The highest BCUT2D eigenvalue weighted by atomic mass is 79.9. The Morgan fingerprint density at radius 1 is 1.17 bits per heavy atom. The molecule has 4 saturated carbocycles. The lowest BCUT2D eigenvalue weighted by Gasteiger charge is -2.60. The molecule has 4 aliphatic carbocycles. The molecule has 5 rings (SSSR count). The summed E-state index contributed by atoms with van der Waals surface area (Å²) >= 11 is 4.00. The number of carbonyl (C=O) groups excluding carboxylic acids is 2. The van der Waals surface area contributed by atoms with Crippen LogP contribution in [0.1, 0.15) is 62.2 Å². The quantitative estimate of drug-likeness (QED) is 0.584. The van der Waals surface area contributed by atoms with Crippen molar-refractivity contribution < 1.29 is 9.59 Å². The monoisotopic (exact) mass is 389 g/mol. The number of halogens is 1. The maximum atomic E-state index is 12.7. The molecule has 4 aliphatic rings. The van der Waals surface area contributed by atoms with Gasteiger partial charge in [0.1, 0.15) is 0 Å². The number of Topliss-reactive ketones (excluding diaryl/α,β-unsaturated/α-hetero) is 1. The first-order chi connectivity index (χ1) is 11.4. The third-order valence-electron chi connectivity index (χ3n) is 6.23. The molecule has 4 heteroatoms. The standard InChI is InChI=1S/C20H24BrNO2/c1-13(23)16-4-2-3-5-17(16)22-18(24)11-19-7-14-6-15(8-19)10-20(21,9-14)12-19/h2-5,14-15H,6-12H2,1H3,(H,22,24)/t14-,15+,19?,20?. The summed E-state index contributed by atoms with van der Waals surface area (Å²) in [5, 5.41) is 3.00. The van der Waals surface area contributed by atoms with Crippen LogP contribution in [0.2, 0.25) is 0 Å². The fourth-order valence-corrected chi connectivity index (χ4v) is 7.49. The second-order valence-corrected chi connectivity index (χ2v) is 10.1. The van der Waals surface area contributed by atoms with Crippen LogP contribution in [0.15, 0.2) is 24.3 Å². The van der Waals surface area contributed by atoms with Gasteiger partial charge in [0.15, 0.2) is 5.78 Å². The van der Waals surface area contributed by atoms with Crippen LogP contribution in [0.5, 0.6) is 0 Å². The molecule has 0 aliphatic heterocycles. The van der Waals surface area contributed by atoms with Crippen molar-refractivity contribution in [3.05, 3.63) is 29.8 Å². The Morgan fingerprint density at radius 3 is 2.46 bits per heavy atom. The van der Waals surface area contributed by atoms with Crippen molar-refractivity contribution in [2.45, 2.75) is 56.2 Å². The lowest BCUT2D eigenvalue weighted by Crippen LogP contribution is -2.53. The van der Waals surface area contributed by atoms with Crippen LogP contribution < -0.4 is 5.32 Å². The van der Waals surface area contributed by atoms with Gasteiger partial charge in [-0.2, -0.15) is 0 Å². The maximum Gasteiger partial charge on any atom is 0.224 e. The van der Waals surface area contributed by atoms with Crippen molar-refractivity contribution in [1.29, 1.82) is 0 Å². The van der Waals surface area contributed by atoms with Gasteiger partial charge in [0.25, 0.3) is 0 Å². The van der Waals surface area contributed by atoms with Crippen molar-refractivity contribution in [2.75, 3.05) is 5.32 Å². The summed E-state index contributed by atoms with van der Waals surface area (Å²) in [6.07, 6.45) is 8.00. The van der Waals surface area contributed by atoms with E-state index in [0.717, 1.165) is 18.3 Å². The zero-order chi connectivity index (χ0) is 16.9. The number of hydrogen-bond donors (Lipinski definition) is 1. The van der Waals surface area contributed by atoms with E-state index < -0.39 is 0 Å². The molecular formula is C20H24BrNO2. The summed E-state index contributed by atoms with van der Waals surface area (Å²) in [6.45, 7) is 1.54. The highest BCUT2D eigenvalue weighted by Gasteiger charge is 2.57. The summed E-state index contributed by atoms with van der Waals surface area (Å²) in [4.78, 5) is 24.5. The zero-order valence-corrected chi connectivity index (χ0v) is 15.7. The first-order valence-corrected chi connectivity index (χ1v) is 9.75. The third kappa shape index (κ3) is 2.94. The van der Waals surface area contributed by atoms with E-state index in [0.29, 0.717) is 17.7 Å². The fourth-order valence-electron chi connectivity index (χ4n) is 5.98. The molecule has 1 N–H and O–H groups in total. The van der Waals surface area contributed by atoms with Gasteiger partial charge in [-0.1, -0.05) is 28.1 Å². The SMILES string of the molecule is CC(=O)c1ccccc1NC(=O)CC12C[C@@H]3C[C@@H](CC(Br)(C3)C1)C2. The van der Waals surface area contributed by atoms with E-state index in [1.165, 1.54) is 32.1 Å². The van der Waals surface area contributed by atoms with Gasteiger partial charge in [0.2, 0.25) is 5.91 Å². The Balaban J connectivity index is 1.50. The largest absolute Gasteiger partial charge is 0.325 e. The molecule has 0 aromatic heterocycles. The first kappa shape index (κ1) is 16.3. The van der Waals surface area contributed by atoms with E-state index >= 15 is 0 Å². The van der Waals surface area contributed by atoms with E-state index in [4.69, 9.17) is 0 Å². The predicted molar refractivity (Wildman–Crippen MR) is 98.5 cm³/mol. The summed E-state index contributed by atoms with van der Waals surface area (Å²) in [7, 11) is 0. The summed E-state index contributed by atoms with van der Waals surface area (Å²) in [5.41, 5.74) is 1.39. The summed E-state index contributed by atoms with van der Waals surface area (Å²) in [5.74, 6) is 1.60. The Hall–Kier alpha value is -1.16. The number of amides is 1. The van der Waals surface area contributed by atoms with E-state index in [9.17, 15) is 9.59 Å². The van der Waals surface area contributed by atoms with Gasteiger partial charge in [-0.3, -0.25) is 9.59 Å². The highest BCUT2D eigenvalue weighted by Crippen LogP contribution is 2.65. The number of para-hydroxylation sites is 1. The van der Waals surface area contributed by atoms with Gasteiger partial charge in [-0.05, 0) is 74.8 Å². The van der Waals surface area contributed by atoms with Crippen LogP contribution in [0.3, 0.4) is 0 Å². The van der Waals surface area contributed by atoms with Crippen LogP contribution in [-0.4, -0.2) is 16.0 Å². The molecule has 0 heterocycles. The van der Waals surface area contributed by atoms with Crippen LogP contribution in [0, 0.1) is 17.3 Å². The molecule has 0 spiro atoms. The smallest absolute Gasteiger partial charge is 0.224 e. The minimum Gasteiger partial charge on any atom is -0.325 e. The Morgan fingerprint density at radius 2 is 1.83 bits per heavy atom. The number of carbonyl (C=O) groups is 2. The second kappa shape index (κ2) is 5.69. The molecule has 0 radical (unpaired) electrons. The van der Waals surface area contributed by atoms with Gasteiger partial charge in [-0.25, -0.2) is 0 Å². The number of rotatable bonds is 4. The normalized spacial score (nSPS) is 36.6. The number of ketones is 1. The van der Waals surface area contributed by atoms with Gasteiger partial charge in [-0.15, -0.1) is 0 Å². The molecule has 3 nitrogen and oxygen atoms in total. The highest BCUT2D eigenvalue weighted by molar-refractivity contribution is 9.10. The predicted octanol–water partition coefficient (Wildman–Crippen LogP) is 4.95. The lowest BCUT2D eigenvalue weighted by molar-refractivity contribution is -0.123. The van der Waals surface area contributed by atoms with Crippen molar-refractivity contribution in [1.82, 2.24) is 0 Å². The third-order valence-corrected chi connectivity index (χ3v) is 7.15. The average molecular weight is 390 g/mol. The summed E-state index contributed by atoms with van der Waals surface area (Å²) in [6, 6.07) is 7.29. The molecule has 2 unspecified atom stereocenters. The fraction of sp³-hybridized carbons (Fsp3) is 0.600. The van der Waals surface area contributed by atoms with Crippen LogP contribution >= 0.6 is 15.9 Å². The first-order valence-electron chi connectivity index (χ1n) is 8.95. The number of hydrogen-bond acceptors (Lipinski definition) is 2. The van der Waals surface area contributed by atoms with Crippen LogP contribution in [0.4, 0.5) is 5.69 Å². The lowest BCUT2D eigenvalue weighted by atomic mass is 9.48. The molecule has 1 aromatic carbocycles. The molecule has 24 heavy (non-hydrogen) atoms. The van der Waals surface area contributed by atoms with Gasteiger partial charge in [0.05, 0.1) is 5.69 Å². The number of alkyl halides is 1. The van der Waals surface area contributed by atoms with E-state index in [-0.39, 0.29) is 21.4 Å². The molecule has 0 saturated heterocycles. The minimum absolute atomic E-state index is 0.0138.